The van der Waals surface area contributed by atoms with Gasteiger partial charge >= 0.3 is 0 Å². The Hall–Kier alpha value is -1.50. The monoisotopic (exact) mass is 171 g/mol. The van der Waals surface area contributed by atoms with Gasteiger partial charge in [-0.3, -0.25) is 0 Å². The predicted octanol–water partition coefficient (Wildman–Crippen LogP) is 3.14. The van der Waals surface area contributed by atoms with Crippen LogP contribution in [0.25, 0.3) is 10.9 Å². The number of aromatic nitrogens is 1. The zero-order valence-corrected chi connectivity index (χ0v) is 7.83. The van der Waals surface area contributed by atoms with E-state index in [1.54, 1.807) is 0 Å². The number of allylic oxidation sites excluding steroid dienone is 1. The highest BCUT2D eigenvalue weighted by molar-refractivity contribution is 5.83. The van der Waals surface area contributed by atoms with Crippen molar-refractivity contribution in [2.24, 2.45) is 0 Å². The van der Waals surface area contributed by atoms with Crippen LogP contribution in [0.1, 0.15) is 5.56 Å². The molecule has 13 heavy (non-hydrogen) atoms. The van der Waals surface area contributed by atoms with Crippen molar-refractivity contribution in [2.45, 2.75) is 13.5 Å². The number of nitrogens with zero attached hydrogens (tertiary/aromatic N) is 1. The second kappa shape index (κ2) is 3.09. The molecule has 2 aromatic rings. The van der Waals surface area contributed by atoms with Gasteiger partial charge in [0.1, 0.15) is 0 Å². The Kier molecular flexibility index (Phi) is 1.93. The smallest absolute Gasteiger partial charge is 0.0512 e. The van der Waals surface area contributed by atoms with E-state index in [-0.39, 0.29) is 0 Å². The quantitative estimate of drug-likeness (QED) is 0.612. The minimum absolute atomic E-state index is 0.883. The molecule has 2 rings (SSSR count). The predicted molar refractivity (Wildman–Crippen MR) is 56.9 cm³/mol. The first-order valence-corrected chi connectivity index (χ1v) is 4.48. The summed E-state index contributed by atoms with van der Waals surface area (Å²) in [7, 11) is 0. The van der Waals surface area contributed by atoms with Crippen molar-refractivity contribution in [1.29, 1.82) is 0 Å². The second-order valence-electron chi connectivity index (χ2n) is 3.27. The van der Waals surface area contributed by atoms with Crippen LogP contribution in [0.2, 0.25) is 0 Å². The third-order valence-electron chi connectivity index (χ3n) is 2.32. The van der Waals surface area contributed by atoms with Crippen molar-refractivity contribution < 1.29 is 0 Å². The lowest BCUT2D eigenvalue weighted by molar-refractivity contribution is 0.862. The lowest BCUT2D eigenvalue weighted by atomic mass is 10.2. The van der Waals surface area contributed by atoms with Crippen LogP contribution in [0.3, 0.4) is 0 Å². The van der Waals surface area contributed by atoms with E-state index in [1.165, 1.54) is 16.5 Å². The first-order valence-electron chi connectivity index (χ1n) is 4.48. The summed E-state index contributed by atoms with van der Waals surface area (Å²) in [5.41, 5.74) is 2.65. The summed E-state index contributed by atoms with van der Waals surface area (Å²) in [6.07, 6.45) is 4.03. The van der Waals surface area contributed by atoms with Crippen LogP contribution in [0, 0.1) is 6.92 Å². The molecule has 1 nitrogen and oxygen atoms in total. The van der Waals surface area contributed by atoms with E-state index in [1.807, 2.05) is 6.08 Å². The van der Waals surface area contributed by atoms with E-state index >= 15 is 0 Å². The Morgan fingerprint density at radius 2 is 2.23 bits per heavy atom. The van der Waals surface area contributed by atoms with Crippen molar-refractivity contribution in [3.63, 3.8) is 0 Å². The van der Waals surface area contributed by atoms with Crippen molar-refractivity contribution in [2.75, 3.05) is 0 Å². The molecule has 0 saturated carbocycles. The molecule has 0 aliphatic rings. The Balaban J connectivity index is 2.70. The Bertz CT molecular complexity index is 437. The molecule has 0 aliphatic carbocycles. The molecule has 1 heterocycles. The van der Waals surface area contributed by atoms with E-state index in [0.29, 0.717) is 0 Å². The molecule has 66 valence electrons. The normalized spacial score (nSPS) is 10.5. The largest absolute Gasteiger partial charge is 0.343 e. The van der Waals surface area contributed by atoms with Gasteiger partial charge in [-0.25, -0.2) is 0 Å². The molecule has 1 aromatic carbocycles. The van der Waals surface area contributed by atoms with Gasteiger partial charge in [0.25, 0.3) is 0 Å². The number of rotatable bonds is 2. The van der Waals surface area contributed by atoms with E-state index in [0.717, 1.165) is 6.54 Å². The molecular formula is C12H13N. The SMILES string of the molecule is C=CCn1ccc2cccc(C)c21. The molecule has 0 atom stereocenters. The fraction of sp³-hybridized carbons (Fsp3) is 0.167. The summed E-state index contributed by atoms with van der Waals surface area (Å²) in [6, 6.07) is 8.52. The van der Waals surface area contributed by atoms with Crippen LogP contribution in [0.5, 0.6) is 0 Å². The summed E-state index contributed by atoms with van der Waals surface area (Å²) in [5, 5.41) is 1.31. The number of para-hydroxylation sites is 1. The van der Waals surface area contributed by atoms with Gasteiger partial charge in [-0.1, -0.05) is 24.3 Å². The highest BCUT2D eigenvalue weighted by Crippen LogP contribution is 2.19. The molecule has 0 aliphatic heterocycles. The molecule has 0 fully saturated rings. The van der Waals surface area contributed by atoms with Gasteiger partial charge in [-0.2, -0.15) is 0 Å². The minimum Gasteiger partial charge on any atom is -0.343 e. The van der Waals surface area contributed by atoms with Gasteiger partial charge < -0.3 is 4.57 Å². The summed E-state index contributed by atoms with van der Waals surface area (Å²) in [4.78, 5) is 0. The minimum atomic E-state index is 0.883. The topological polar surface area (TPSA) is 4.93 Å². The first-order chi connectivity index (χ1) is 6.33. The molecule has 1 heteroatoms. The Labute approximate surface area is 78.3 Å². The summed E-state index contributed by atoms with van der Waals surface area (Å²) < 4.78 is 2.22. The Morgan fingerprint density at radius 3 is 3.00 bits per heavy atom. The highest BCUT2D eigenvalue weighted by Gasteiger charge is 2.00. The van der Waals surface area contributed by atoms with E-state index in [4.69, 9.17) is 0 Å². The van der Waals surface area contributed by atoms with Gasteiger partial charge in [-0.15, -0.1) is 6.58 Å². The van der Waals surface area contributed by atoms with Crippen LogP contribution < -0.4 is 0 Å². The zero-order valence-electron chi connectivity index (χ0n) is 7.83. The number of fused-ring (bicyclic) bond motifs is 1. The average molecular weight is 171 g/mol. The van der Waals surface area contributed by atoms with Gasteiger partial charge in [-0.05, 0) is 23.9 Å². The lowest BCUT2D eigenvalue weighted by Gasteiger charge is -2.03. The van der Waals surface area contributed by atoms with Crippen LogP contribution >= 0.6 is 0 Å². The van der Waals surface area contributed by atoms with Crippen LogP contribution in [0.15, 0.2) is 43.1 Å². The third-order valence-corrected chi connectivity index (χ3v) is 2.32. The summed E-state index contributed by atoms with van der Waals surface area (Å²) >= 11 is 0. The van der Waals surface area contributed by atoms with Crippen molar-refractivity contribution in [3.8, 4) is 0 Å². The van der Waals surface area contributed by atoms with Crippen molar-refractivity contribution in [3.05, 3.63) is 48.7 Å². The number of hydrogen-bond acceptors (Lipinski definition) is 0. The Morgan fingerprint density at radius 1 is 1.38 bits per heavy atom. The van der Waals surface area contributed by atoms with Crippen LogP contribution in [-0.4, -0.2) is 4.57 Å². The zero-order chi connectivity index (χ0) is 9.26. The van der Waals surface area contributed by atoms with Crippen molar-refractivity contribution >= 4 is 10.9 Å². The molecule has 0 radical (unpaired) electrons. The van der Waals surface area contributed by atoms with E-state index < -0.39 is 0 Å². The molecule has 0 saturated heterocycles. The standard InChI is InChI=1S/C12H13N/c1-3-8-13-9-7-11-6-4-5-10(2)12(11)13/h3-7,9H,1,8H2,2H3. The maximum atomic E-state index is 3.75. The van der Waals surface area contributed by atoms with E-state index in [9.17, 15) is 0 Å². The number of hydrogen-bond donors (Lipinski definition) is 0. The highest BCUT2D eigenvalue weighted by atomic mass is 14.9. The maximum Gasteiger partial charge on any atom is 0.0512 e. The van der Waals surface area contributed by atoms with Crippen LogP contribution in [0.4, 0.5) is 0 Å². The summed E-state index contributed by atoms with van der Waals surface area (Å²) in [5.74, 6) is 0. The van der Waals surface area contributed by atoms with Crippen LogP contribution in [-0.2, 0) is 6.54 Å². The maximum absolute atomic E-state index is 3.75. The average Bonchev–Trinajstić information content (AvgIpc) is 2.51. The second-order valence-corrected chi connectivity index (χ2v) is 3.27. The molecule has 0 spiro atoms. The van der Waals surface area contributed by atoms with Gasteiger partial charge in [0, 0.05) is 12.7 Å². The molecular weight excluding hydrogens is 158 g/mol. The first kappa shape index (κ1) is 8.11. The molecule has 1 aromatic heterocycles. The number of benzene rings is 1. The van der Waals surface area contributed by atoms with E-state index in [2.05, 4.69) is 48.5 Å². The fourth-order valence-corrected chi connectivity index (χ4v) is 1.74. The molecule has 0 amide bonds. The fourth-order valence-electron chi connectivity index (χ4n) is 1.74. The summed E-state index contributed by atoms with van der Waals surface area (Å²) in [6.45, 7) is 6.78. The molecule has 0 unspecified atom stereocenters. The lowest BCUT2D eigenvalue weighted by Crippen LogP contribution is -1.93. The van der Waals surface area contributed by atoms with Crippen molar-refractivity contribution in [1.82, 2.24) is 4.57 Å². The van der Waals surface area contributed by atoms with Gasteiger partial charge in [0.05, 0.1) is 5.52 Å². The van der Waals surface area contributed by atoms with Gasteiger partial charge in [0.15, 0.2) is 0 Å². The van der Waals surface area contributed by atoms with Gasteiger partial charge in [0.2, 0.25) is 0 Å². The number of aryl methyl sites for hydroxylation is 1. The third kappa shape index (κ3) is 1.26. The molecule has 0 bridgehead atoms. The molecule has 0 N–H and O–H groups in total.